The van der Waals surface area contributed by atoms with Crippen LogP contribution in [0.4, 0.5) is 0 Å². The molecule has 3 amide bonds. The first kappa shape index (κ1) is 19.6. The summed E-state index contributed by atoms with van der Waals surface area (Å²) in [6, 6.07) is 7.56. The van der Waals surface area contributed by atoms with Gasteiger partial charge < -0.3 is 21.2 Å². The van der Waals surface area contributed by atoms with Gasteiger partial charge in [-0.05, 0) is 18.4 Å². The molecular formula is C16H24N4O4. The minimum absolute atomic E-state index is 0.257. The third-order valence-electron chi connectivity index (χ3n) is 3.39. The maximum Gasteiger partial charge on any atom is 0.243 e. The number of nitrogens with two attached hydrogens (primary N) is 2. The molecule has 0 saturated carbocycles. The molecule has 1 rings (SSSR count). The molecule has 1 aromatic carbocycles. The molecule has 1 aromatic rings. The van der Waals surface area contributed by atoms with Crippen LogP contribution in [-0.2, 0) is 25.6 Å². The lowest BCUT2D eigenvalue weighted by Gasteiger charge is -2.21. The molecule has 0 unspecified atom stereocenters. The number of nitrogens with one attached hydrogen (secondary N) is 2. The summed E-state index contributed by atoms with van der Waals surface area (Å²) in [5.41, 5.74) is 6.25. The first-order chi connectivity index (χ1) is 11.4. The number of hydrogen-bond acceptors (Lipinski definition) is 5. The first-order valence-electron chi connectivity index (χ1n) is 7.66. The van der Waals surface area contributed by atoms with Gasteiger partial charge in [0.15, 0.2) is 0 Å². The Morgan fingerprint density at radius 3 is 2.33 bits per heavy atom. The quantitative estimate of drug-likeness (QED) is 0.333. The van der Waals surface area contributed by atoms with Crippen molar-refractivity contribution >= 4 is 17.7 Å². The maximum atomic E-state index is 12.4. The van der Waals surface area contributed by atoms with Gasteiger partial charge in [-0.15, -0.1) is 0 Å². The van der Waals surface area contributed by atoms with Crippen LogP contribution in [0, 0.1) is 0 Å². The summed E-state index contributed by atoms with van der Waals surface area (Å²) in [5.74, 6) is 3.49. The summed E-state index contributed by atoms with van der Waals surface area (Å²) in [6.45, 7) is 1.57. The van der Waals surface area contributed by atoms with E-state index in [2.05, 4.69) is 15.5 Å². The van der Waals surface area contributed by atoms with Crippen molar-refractivity contribution in [3.05, 3.63) is 35.9 Å². The van der Waals surface area contributed by atoms with Gasteiger partial charge in [0.25, 0.3) is 0 Å². The molecular weight excluding hydrogens is 312 g/mol. The summed E-state index contributed by atoms with van der Waals surface area (Å²) in [5, 5.41) is 5.14. The zero-order valence-corrected chi connectivity index (χ0v) is 13.7. The van der Waals surface area contributed by atoms with Gasteiger partial charge in [-0.1, -0.05) is 30.3 Å². The normalized spacial score (nSPS) is 12.9. The molecule has 24 heavy (non-hydrogen) atoms. The molecule has 8 nitrogen and oxygen atoms in total. The number of rotatable bonds is 10. The smallest absolute Gasteiger partial charge is 0.243 e. The van der Waals surface area contributed by atoms with Gasteiger partial charge in [0.05, 0.1) is 6.61 Å². The van der Waals surface area contributed by atoms with Crippen LogP contribution in [0.3, 0.4) is 0 Å². The van der Waals surface area contributed by atoms with Crippen molar-refractivity contribution < 1.29 is 19.2 Å². The molecule has 132 valence electrons. The van der Waals surface area contributed by atoms with Crippen molar-refractivity contribution in [3.63, 3.8) is 0 Å². The zero-order chi connectivity index (χ0) is 17.9. The lowest BCUT2D eigenvalue weighted by molar-refractivity contribution is -0.131. The van der Waals surface area contributed by atoms with E-state index in [0.29, 0.717) is 12.8 Å². The fraction of sp³-hybridized carbons (Fsp3) is 0.438. The molecule has 2 atom stereocenters. The number of amides is 3. The molecule has 0 radical (unpaired) electrons. The summed E-state index contributed by atoms with van der Waals surface area (Å²) < 4.78 is 0. The second kappa shape index (κ2) is 10.3. The molecule has 6 N–H and O–H groups in total. The molecule has 0 aromatic heterocycles. The molecule has 0 aliphatic rings. The topological polar surface area (TPSA) is 137 Å². The molecule has 0 spiro atoms. The molecule has 0 saturated heterocycles. The van der Waals surface area contributed by atoms with Crippen molar-refractivity contribution in [1.82, 2.24) is 10.6 Å². The van der Waals surface area contributed by atoms with Crippen LogP contribution < -0.4 is 22.3 Å². The summed E-state index contributed by atoms with van der Waals surface area (Å²) >= 11 is 0. The fourth-order valence-electron chi connectivity index (χ4n) is 2.23. The Morgan fingerprint density at radius 1 is 1.12 bits per heavy atom. The molecule has 8 heteroatoms. The second-order valence-electron chi connectivity index (χ2n) is 5.42. The highest BCUT2D eigenvalue weighted by Crippen LogP contribution is 2.05. The highest BCUT2D eigenvalue weighted by molar-refractivity contribution is 5.91. The predicted octanol–water partition coefficient (Wildman–Crippen LogP) is -0.626. The lowest BCUT2D eigenvalue weighted by atomic mass is 10.0. The van der Waals surface area contributed by atoms with E-state index in [1.807, 2.05) is 30.3 Å². The summed E-state index contributed by atoms with van der Waals surface area (Å²) in [7, 11) is 0. The van der Waals surface area contributed by atoms with Crippen LogP contribution in [-0.4, -0.2) is 36.4 Å². The summed E-state index contributed by atoms with van der Waals surface area (Å²) in [6.07, 6.45) is 1.09. The zero-order valence-electron chi connectivity index (χ0n) is 13.7. The van der Waals surface area contributed by atoms with Gasteiger partial charge in [0.2, 0.25) is 17.7 Å². The Balaban J connectivity index is 2.72. The number of hydrogen-bond donors (Lipinski definition) is 4. The Morgan fingerprint density at radius 2 is 1.79 bits per heavy atom. The molecule has 0 aliphatic heterocycles. The maximum absolute atomic E-state index is 12.4. The van der Waals surface area contributed by atoms with Crippen molar-refractivity contribution in [3.8, 4) is 0 Å². The minimum Gasteiger partial charge on any atom is -0.368 e. The number of carbonyl (C=O) groups excluding carboxylic acids is 3. The van der Waals surface area contributed by atoms with Crippen LogP contribution in [0.5, 0.6) is 0 Å². The Bertz CT molecular complexity index is 550. The van der Waals surface area contributed by atoms with E-state index in [1.54, 1.807) is 0 Å². The Hall–Kier alpha value is -2.45. The third-order valence-corrected chi connectivity index (χ3v) is 3.39. The van der Waals surface area contributed by atoms with Crippen LogP contribution in [0.25, 0.3) is 0 Å². The summed E-state index contributed by atoms with van der Waals surface area (Å²) in [4.78, 5) is 39.7. The van der Waals surface area contributed by atoms with E-state index in [4.69, 9.17) is 11.6 Å². The average Bonchev–Trinajstić information content (AvgIpc) is 2.54. The van der Waals surface area contributed by atoms with Gasteiger partial charge in [0, 0.05) is 13.3 Å². The van der Waals surface area contributed by atoms with E-state index in [-0.39, 0.29) is 18.9 Å². The van der Waals surface area contributed by atoms with Crippen molar-refractivity contribution in [2.24, 2.45) is 11.6 Å². The van der Waals surface area contributed by atoms with Gasteiger partial charge in [-0.25, -0.2) is 5.90 Å². The van der Waals surface area contributed by atoms with Gasteiger partial charge >= 0.3 is 0 Å². The second-order valence-corrected chi connectivity index (χ2v) is 5.42. The monoisotopic (exact) mass is 336 g/mol. The lowest BCUT2D eigenvalue weighted by Crippen LogP contribution is -2.53. The third kappa shape index (κ3) is 7.21. The highest BCUT2D eigenvalue weighted by Gasteiger charge is 2.24. The molecule has 0 bridgehead atoms. The number of carbonyl (C=O) groups is 3. The molecule has 0 heterocycles. The Kier molecular flexibility index (Phi) is 8.45. The SMILES string of the molecule is CC(=O)N[C@@H](CCCON)C(=O)N[C@@H](Cc1ccccc1)C(N)=O. The number of primary amides is 1. The van der Waals surface area contributed by atoms with Crippen molar-refractivity contribution in [2.75, 3.05) is 6.61 Å². The molecule has 0 fully saturated rings. The van der Waals surface area contributed by atoms with E-state index in [9.17, 15) is 14.4 Å². The van der Waals surface area contributed by atoms with Crippen LogP contribution in [0.15, 0.2) is 30.3 Å². The van der Waals surface area contributed by atoms with Crippen LogP contribution in [0.1, 0.15) is 25.3 Å². The largest absolute Gasteiger partial charge is 0.368 e. The van der Waals surface area contributed by atoms with E-state index >= 15 is 0 Å². The van der Waals surface area contributed by atoms with Gasteiger partial charge in [-0.3, -0.25) is 14.4 Å². The predicted molar refractivity (Wildman–Crippen MR) is 88.2 cm³/mol. The highest BCUT2D eigenvalue weighted by atomic mass is 16.6. The molecule has 0 aliphatic carbocycles. The van der Waals surface area contributed by atoms with Crippen LogP contribution >= 0.6 is 0 Å². The van der Waals surface area contributed by atoms with Gasteiger partial charge in [0.1, 0.15) is 12.1 Å². The minimum atomic E-state index is -0.859. The average molecular weight is 336 g/mol. The van der Waals surface area contributed by atoms with E-state index < -0.39 is 23.9 Å². The van der Waals surface area contributed by atoms with E-state index in [1.165, 1.54) is 6.92 Å². The van der Waals surface area contributed by atoms with Crippen molar-refractivity contribution in [1.29, 1.82) is 0 Å². The van der Waals surface area contributed by atoms with E-state index in [0.717, 1.165) is 5.56 Å². The van der Waals surface area contributed by atoms with Crippen LogP contribution in [0.2, 0.25) is 0 Å². The van der Waals surface area contributed by atoms with Crippen molar-refractivity contribution in [2.45, 2.75) is 38.3 Å². The van der Waals surface area contributed by atoms with Gasteiger partial charge in [-0.2, -0.15) is 0 Å². The fourth-order valence-corrected chi connectivity index (χ4v) is 2.23. The Labute approximate surface area is 140 Å². The number of benzene rings is 1. The first-order valence-corrected chi connectivity index (χ1v) is 7.66. The standard InChI is InChI=1S/C16H24N4O4/c1-11(21)19-13(8-5-9-24-18)16(23)20-14(15(17)22)10-12-6-3-2-4-7-12/h2-4,6-7,13-14H,5,8-10,18H2,1H3,(H2,17,22)(H,19,21)(H,20,23)/t13-,14-/m0/s1.